The van der Waals surface area contributed by atoms with Gasteiger partial charge in [0.25, 0.3) is 0 Å². The van der Waals surface area contributed by atoms with Gasteiger partial charge in [-0.2, -0.15) is 0 Å². The van der Waals surface area contributed by atoms with Gasteiger partial charge < -0.3 is 15.6 Å². The summed E-state index contributed by atoms with van der Waals surface area (Å²) in [5.74, 6) is 0.803. The molecule has 1 aliphatic carbocycles. The zero-order valence-corrected chi connectivity index (χ0v) is 14.1. The first-order valence-electron chi connectivity index (χ1n) is 8.73. The molecule has 0 bridgehead atoms. The van der Waals surface area contributed by atoms with Crippen molar-refractivity contribution in [2.24, 2.45) is 0 Å². The maximum Gasteiger partial charge on any atom is 0.142 e. The van der Waals surface area contributed by atoms with Gasteiger partial charge in [0.2, 0.25) is 0 Å². The van der Waals surface area contributed by atoms with Gasteiger partial charge in [0.1, 0.15) is 5.75 Å². The summed E-state index contributed by atoms with van der Waals surface area (Å²) in [6.45, 7) is 5.40. The topological polar surface area (TPSA) is 62.0 Å². The van der Waals surface area contributed by atoms with E-state index in [0.717, 1.165) is 57.0 Å². The number of β-amino-alcohol motifs (C(OH)–C–C–N with tert-alkyl or cyclic N) is 1. The monoisotopic (exact) mass is 319 g/mol. The second kappa shape index (κ2) is 7.51. The number of nitrogens with zero attached hydrogens (tertiary/aromatic N) is 2. The van der Waals surface area contributed by atoms with E-state index in [1.54, 1.807) is 7.11 Å². The predicted molar refractivity (Wildman–Crippen MR) is 92.9 cm³/mol. The lowest BCUT2D eigenvalue weighted by molar-refractivity contribution is 0.0805. The van der Waals surface area contributed by atoms with Gasteiger partial charge in [-0.25, -0.2) is 0 Å². The van der Waals surface area contributed by atoms with Gasteiger partial charge in [-0.15, -0.1) is 0 Å². The van der Waals surface area contributed by atoms with Gasteiger partial charge in [0, 0.05) is 38.8 Å². The maximum absolute atomic E-state index is 9.07. The Balaban J connectivity index is 1.69. The molecule has 0 spiro atoms. The van der Waals surface area contributed by atoms with Crippen molar-refractivity contribution in [3.8, 4) is 5.75 Å². The lowest BCUT2D eigenvalue weighted by Crippen LogP contribution is -2.51. The summed E-state index contributed by atoms with van der Waals surface area (Å²) in [5, 5.41) is 9.07. The van der Waals surface area contributed by atoms with E-state index < -0.39 is 0 Å². The van der Waals surface area contributed by atoms with Crippen LogP contribution < -0.4 is 10.5 Å². The number of fused-ring (bicyclic) bond motifs is 1. The summed E-state index contributed by atoms with van der Waals surface area (Å²) in [5.41, 5.74) is 9.61. The fourth-order valence-corrected chi connectivity index (χ4v) is 3.97. The maximum atomic E-state index is 9.07. The predicted octanol–water partition coefficient (Wildman–Crippen LogP) is 1.13. The number of piperazine rings is 1. The van der Waals surface area contributed by atoms with Gasteiger partial charge in [-0.05, 0) is 48.9 Å². The van der Waals surface area contributed by atoms with Crippen LogP contribution in [0.1, 0.15) is 24.0 Å². The van der Waals surface area contributed by atoms with Crippen molar-refractivity contribution in [3.63, 3.8) is 0 Å². The molecule has 3 N–H and O–H groups in total. The molecule has 5 nitrogen and oxygen atoms in total. The molecule has 128 valence electrons. The second-order valence-electron chi connectivity index (χ2n) is 6.71. The molecule has 0 saturated carbocycles. The van der Waals surface area contributed by atoms with Crippen molar-refractivity contribution >= 4 is 5.69 Å². The lowest BCUT2D eigenvalue weighted by Gasteiger charge is -2.39. The average molecular weight is 319 g/mol. The van der Waals surface area contributed by atoms with E-state index in [-0.39, 0.29) is 6.61 Å². The molecule has 1 aromatic rings. The summed E-state index contributed by atoms with van der Waals surface area (Å²) >= 11 is 0. The minimum absolute atomic E-state index is 0.262. The highest BCUT2D eigenvalue weighted by molar-refractivity contribution is 5.57. The van der Waals surface area contributed by atoms with Crippen molar-refractivity contribution in [1.82, 2.24) is 9.80 Å². The first-order chi connectivity index (χ1) is 11.2. The second-order valence-corrected chi connectivity index (χ2v) is 6.71. The molecule has 2 aliphatic rings. The summed E-state index contributed by atoms with van der Waals surface area (Å²) in [6, 6.07) is 4.86. The molecule has 23 heavy (non-hydrogen) atoms. The molecular weight excluding hydrogens is 290 g/mol. The summed E-state index contributed by atoms with van der Waals surface area (Å²) < 4.78 is 5.40. The van der Waals surface area contributed by atoms with Crippen molar-refractivity contribution in [2.75, 3.05) is 52.2 Å². The Morgan fingerprint density at radius 2 is 2.00 bits per heavy atom. The number of aliphatic hydroxyl groups excluding tert-OH is 1. The number of nitrogens with two attached hydrogens (primary N) is 1. The minimum atomic E-state index is 0.262. The van der Waals surface area contributed by atoms with E-state index in [0.29, 0.717) is 6.04 Å². The van der Waals surface area contributed by atoms with Gasteiger partial charge in [0.05, 0.1) is 19.4 Å². The SMILES string of the molecule is COc1cc2c(cc1N)CCCC(N1CCN(CCO)CC1)C2. The third-order valence-electron chi connectivity index (χ3n) is 5.33. The molecule has 5 heteroatoms. The summed E-state index contributed by atoms with van der Waals surface area (Å²) in [7, 11) is 1.69. The highest BCUT2D eigenvalue weighted by atomic mass is 16.5. The standard InChI is InChI=1S/C18H29N3O2/c1-23-18-13-15-11-16(4-2-3-14(15)12-17(18)19)21-7-5-20(6-8-21)9-10-22/h12-13,16,22H,2-11,19H2,1H3. The van der Waals surface area contributed by atoms with E-state index in [1.807, 2.05) is 0 Å². The molecule has 0 aromatic heterocycles. The zero-order valence-electron chi connectivity index (χ0n) is 14.1. The zero-order chi connectivity index (χ0) is 16.2. The first-order valence-corrected chi connectivity index (χ1v) is 8.73. The van der Waals surface area contributed by atoms with Crippen LogP contribution in [0, 0.1) is 0 Å². The van der Waals surface area contributed by atoms with E-state index in [1.165, 1.54) is 24.0 Å². The summed E-state index contributed by atoms with van der Waals surface area (Å²) in [4.78, 5) is 4.98. The highest BCUT2D eigenvalue weighted by Gasteiger charge is 2.26. The molecule has 1 atom stereocenters. The Morgan fingerprint density at radius 1 is 1.22 bits per heavy atom. The number of benzene rings is 1. The Morgan fingerprint density at radius 3 is 2.70 bits per heavy atom. The molecule has 0 amide bonds. The number of aliphatic hydroxyl groups is 1. The molecule has 1 saturated heterocycles. The van der Waals surface area contributed by atoms with Crippen molar-refractivity contribution < 1.29 is 9.84 Å². The molecule has 3 rings (SSSR count). The average Bonchev–Trinajstić information content (AvgIpc) is 2.77. The third kappa shape index (κ3) is 3.79. The molecular formula is C18H29N3O2. The van der Waals surface area contributed by atoms with E-state index in [4.69, 9.17) is 15.6 Å². The number of ether oxygens (including phenoxy) is 1. The third-order valence-corrected chi connectivity index (χ3v) is 5.33. The van der Waals surface area contributed by atoms with Gasteiger partial charge in [-0.1, -0.05) is 0 Å². The Kier molecular flexibility index (Phi) is 5.41. The van der Waals surface area contributed by atoms with E-state index in [2.05, 4.69) is 21.9 Å². The van der Waals surface area contributed by atoms with Gasteiger partial charge >= 0.3 is 0 Å². The van der Waals surface area contributed by atoms with Crippen LogP contribution in [-0.2, 0) is 12.8 Å². The highest BCUT2D eigenvalue weighted by Crippen LogP contribution is 2.31. The van der Waals surface area contributed by atoms with Gasteiger partial charge in [-0.3, -0.25) is 9.80 Å². The van der Waals surface area contributed by atoms with E-state index in [9.17, 15) is 0 Å². The number of hydrogen-bond acceptors (Lipinski definition) is 5. The first kappa shape index (κ1) is 16.6. The van der Waals surface area contributed by atoms with Crippen LogP contribution in [0.15, 0.2) is 12.1 Å². The number of methoxy groups -OCH3 is 1. The Bertz CT molecular complexity index is 527. The van der Waals surface area contributed by atoms with Crippen LogP contribution in [-0.4, -0.2) is 67.4 Å². The Labute approximate surface area is 139 Å². The summed E-state index contributed by atoms with van der Waals surface area (Å²) in [6.07, 6.45) is 4.67. The fourth-order valence-electron chi connectivity index (χ4n) is 3.97. The minimum Gasteiger partial charge on any atom is -0.495 e. The normalized spacial score (nSPS) is 23.3. The quantitative estimate of drug-likeness (QED) is 0.644. The fraction of sp³-hybridized carbons (Fsp3) is 0.667. The molecule has 1 unspecified atom stereocenters. The van der Waals surface area contributed by atoms with Crippen LogP contribution in [0.2, 0.25) is 0 Å². The number of hydrogen-bond donors (Lipinski definition) is 2. The van der Waals surface area contributed by atoms with E-state index >= 15 is 0 Å². The molecule has 1 fully saturated rings. The molecule has 1 aliphatic heterocycles. The number of anilines is 1. The Hall–Kier alpha value is -1.30. The van der Waals surface area contributed by atoms with Crippen LogP contribution in [0.3, 0.4) is 0 Å². The largest absolute Gasteiger partial charge is 0.495 e. The smallest absolute Gasteiger partial charge is 0.142 e. The molecule has 0 radical (unpaired) electrons. The van der Waals surface area contributed by atoms with Crippen LogP contribution in [0.4, 0.5) is 5.69 Å². The van der Waals surface area contributed by atoms with Crippen LogP contribution >= 0.6 is 0 Å². The van der Waals surface area contributed by atoms with Crippen molar-refractivity contribution in [1.29, 1.82) is 0 Å². The number of nitrogen functional groups attached to an aromatic ring is 1. The number of rotatable bonds is 4. The molecule has 1 heterocycles. The van der Waals surface area contributed by atoms with Crippen LogP contribution in [0.5, 0.6) is 5.75 Å². The van der Waals surface area contributed by atoms with Gasteiger partial charge in [0.15, 0.2) is 0 Å². The number of aryl methyl sites for hydroxylation is 1. The van der Waals surface area contributed by atoms with Crippen LogP contribution in [0.25, 0.3) is 0 Å². The van der Waals surface area contributed by atoms with Crippen molar-refractivity contribution in [3.05, 3.63) is 23.3 Å². The van der Waals surface area contributed by atoms with Crippen molar-refractivity contribution in [2.45, 2.75) is 31.7 Å². The molecule has 1 aromatic carbocycles. The lowest BCUT2D eigenvalue weighted by atomic mass is 9.99.